The molecule has 1 aromatic rings. The Hall–Kier alpha value is -1.57. The summed E-state index contributed by atoms with van der Waals surface area (Å²) in [5.74, 6) is 1.49. The van der Waals surface area contributed by atoms with Crippen LogP contribution in [0.2, 0.25) is 0 Å². The van der Waals surface area contributed by atoms with Crippen LogP contribution in [0.25, 0.3) is 5.57 Å². The Kier molecular flexibility index (Phi) is 3.09. The van der Waals surface area contributed by atoms with Gasteiger partial charge in [-0.25, -0.2) is 0 Å². The maximum absolute atomic E-state index is 5.40. The molecule has 1 heterocycles. The first-order chi connectivity index (χ1) is 7.70. The predicted octanol–water partition coefficient (Wildman–Crippen LogP) is 3.34. The lowest BCUT2D eigenvalue weighted by molar-refractivity contribution is 0.305. The van der Waals surface area contributed by atoms with Crippen LogP contribution in [-0.4, -0.2) is 12.1 Å². The molecule has 0 bridgehead atoms. The zero-order valence-corrected chi connectivity index (χ0v) is 10.0. The van der Waals surface area contributed by atoms with E-state index >= 15 is 0 Å². The fourth-order valence-corrected chi connectivity index (χ4v) is 1.98. The molecular weight excluding hydrogens is 198 g/mol. The van der Waals surface area contributed by atoms with Crippen LogP contribution in [0.1, 0.15) is 24.7 Å². The Labute approximate surface area is 96.7 Å². The van der Waals surface area contributed by atoms with Gasteiger partial charge < -0.3 is 4.74 Å². The minimum atomic E-state index is 0.552. The number of hydrogen-bond donors (Lipinski definition) is 0. The van der Waals surface area contributed by atoms with Gasteiger partial charge in [0.05, 0.1) is 12.8 Å². The van der Waals surface area contributed by atoms with Crippen molar-refractivity contribution < 1.29 is 4.74 Å². The minimum Gasteiger partial charge on any atom is -0.496 e. The van der Waals surface area contributed by atoms with Gasteiger partial charge in [-0.15, -0.1) is 0 Å². The number of ether oxygens (including phenoxy) is 1. The lowest BCUT2D eigenvalue weighted by atomic mass is 9.92. The average Bonchev–Trinajstić information content (AvgIpc) is 2.29. The highest BCUT2D eigenvalue weighted by molar-refractivity contribution is 5.68. The highest BCUT2D eigenvalue weighted by Gasteiger charge is 2.16. The summed E-state index contributed by atoms with van der Waals surface area (Å²) in [5, 5.41) is 0. The van der Waals surface area contributed by atoms with E-state index in [9.17, 15) is 0 Å². The van der Waals surface area contributed by atoms with Crippen molar-refractivity contribution in [1.82, 2.24) is 4.98 Å². The quantitative estimate of drug-likeness (QED) is 0.754. The Balaban J connectivity index is 2.44. The number of hydrogen-bond acceptors (Lipinski definition) is 2. The summed E-state index contributed by atoms with van der Waals surface area (Å²) in [6.45, 7) is 4.22. The molecule has 1 atom stereocenters. The van der Waals surface area contributed by atoms with E-state index < -0.39 is 0 Å². The summed E-state index contributed by atoms with van der Waals surface area (Å²) in [5.41, 5.74) is 3.29. The van der Waals surface area contributed by atoms with Gasteiger partial charge in [-0.1, -0.05) is 19.1 Å². The SMILES string of the molecule is COC1=C(c2cccc(C)n2)CC(C)C=C1. The van der Waals surface area contributed by atoms with Gasteiger partial charge in [0.15, 0.2) is 0 Å². The van der Waals surface area contributed by atoms with Crippen LogP contribution in [-0.2, 0) is 4.74 Å². The highest BCUT2D eigenvalue weighted by Crippen LogP contribution is 2.30. The van der Waals surface area contributed by atoms with Crippen LogP contribution in [0.3, 0.4) is 0 Å². The number of pyridine rings is 1. The molecule has 0 saturated heterocycles. The molecule has 2 nitrogen and oxygen atoms in total. The lowest BCUT2D eigenvalue weighted by Crippen LogP contribution is -2.05. The van der Waals surface area contributed by atoms with Crippen LogP contribution >= 0.6 is 0 Å². The molecule has 2 rings (SSSR count). The molecule has 0 aromatic carbocycles. The summed E-state index contributed by atoms with van der Waals surface area (Å²) < 4.78 is 5.40. The van der Waals surface area contributed by atoms with Crippen LogP contribution in [0, 0.1) is 12.8 Å². The number of nitrogens with zero attached hydrogens (tertiary/aromatic N) is 1. The van der Waals surface area contributed by atoms with Crippen molar-refractivity contribution in [3.8, 4) is 0 Å². The molecule has 16 heavy (non-hydrogen) atoms. The molecule has 84 valence electrons. The zero-order chi connectivity index (χ0) is 11.5. The minimum absolute atomic E-state index is 0.552. The van der Waals surface area contributed by atoms with E-state index in [1.54, 1.807) is 7.11 Å². The molecule has 1 unspecified atom stereocenters. The molecule has 0 aliphatic heterocycles. The van der Waals surface area contributed by atoms with Gasteiger partial charge in [0.2, 0.25) is 0 Å². The van der Waals surface area contributed by atoms with E-state index in [2.05, 4.69) is 18.0 Å². The van der Waals surface area contributed by atoms with E-state index in [1.807, 2.05) is 31.2 Å². The summed E-state index contributed by atoms with van der Waals surface area (Å²) in [6, 6.07) is 6.10. The third-order valence-electron chi connectivity index (χ3n) is 2.82. The maximum atomic E-state index is 5.40. The molecule has 1 aliphatic rings. The fourth-order valence-electron chi connectivity index (χ4n) is 1.98. The number of aryl methyl sites for hydroxylation is 1. The second-order valence-corrected chi connectivity index (χ2v) is 4.25. The number of rotatable bonds is 2. The first-order valence-electron chi connectivity index (χ1n) is 5.60. The van der Waals surface area contributed by atoms with Gasteiger partial charge >= 0.3 is 0 Å². The average molecular weight is 215 g/mol. The smallest absolute Gasteiger partial charge is 0.123 e. The van der Waals surface area contributed by atoms with Crippen molar-refractivity contribution in [2.75, 3.05) is 7.11 Å². The van der Waals surface area contributed by atoms with E-state index in [0.717, 1.165) is 23.6 Å². The monoisotopic (exact) mass is 215 g/mol. The van der Waals surface area contributed by atoms with Gasteiger partial charge in [-0.05, 0) is 37.5 Å². The maximum Gasteiger partial charge on any atom is 0.123 e. The Morgan fingerprint density at radius 3 is 2.88 bits per heavy atom. The molecule has 0 saturated carbocycles. The van der Waals surface area contributed by atoms with Gasteiger partial charge in [-0.2, -0.15) is 0 Å². The van der Waals surface area contributed by atoms with Crippen LogP contribution in [0.4, 0.5) is 0 Å². The van der Waals surface area contributed by atoms with E-state index in [4.69, 9.17) is 4.74 Å². The molecule has 0 spiro atoms. The second kappa shape index (κ2) is 4.52. The van der Waals surface area contributed by atoms with E-state index in [-0.39, 0.29) is 0 Å². The summed E-state index contributed by atoms with van der Waals surface area (Å²) in [6.07, 6.45) is 5.22. The number of aromatic nitrogens is 1. The van der Waals surface area contributed by atoms with Gasteiger partial charge in [0.1, 0.15) is 5.76 Å². The molecule has 0 fully saturated rings. The fraction of sp³-hybridized carbons (Fsp3) is 0.357. The summed E-state index contributed by atoms with van der Waals surface area (Å²) in [7, 11) is 1.71. The van der Waals surface area contributed by atoms with Gasteiger partial charge in [0, 0.05) is 11.3 Å². The van der Waals surface area contributed by atoms with Crippen molar-refractivity contribution in [2.45, 2.75) is 20.3 Å². The zero-order valence-electron chi connectivity index (χ0n) is 10.0. The Bertz CT molecular complexity index is 446. The number of allylic oxidation sites excluding steroid dienone is 3. The van der Waals surface area contributed by atoms with E-state index in [1.165, 1.54) is 5.57 Å². The van der Waals surface area contributed by atoms with Crippen molar-refractivity contribution in [3.05, 3.63) is 47.5 Å². The molecule has 1 aliphatic carbocycles. The van der Waals surface area contributed by atoms with Crippen molar-refractivity contribution >= 4 is 5.57 Å². The molecule has 0 amide bonds. The predicted molar refractivity (Wildman–Crippen MR) is 65.8 cm³/mol. The van der Waals surface area contributed by atoms with Crippen molar-refractivity contribution in [1.29, 1.82) is 0 Å². The first kappa shape index (κ1) is 10.9. The topological polar surface area (TPSA) is 22.1 Å². The summed E-state index contributed by atoms with van der Waals surface area (Å²) >= 11 is 0. The van der Waals surface area contributed by atoms with Gasteiger partial charge in [0.25, 0.3) is 0 Å². The molecule has 0 radical (unpaired) electrons. The third kappa shape index (κ3) is 2.16. The summed E-state index contributed by atoms with van der Waals surface area (Å²) in [4.78, 5) is 4.56. The van der Waals surface area contributed by atoms with Crippen LogP contribution in [0.5, 0.6) is 0 Å². The number of methoxy groups -OCH3 is 1. The molecule has 0 N–H and O–H groups in total. The largest absolute Gasteiger partial charge is 0.496 e. The van der Waals surface area contributed by atoms with Crippen molar-refractivity contribution in [3.63, 3.8) is 0 Å². The van der Waals surface area contributed by atoms with Crippen LogP contribution in [0.15, 0.2) is 36.1 Å². The molecular formula is C14H17NO. The Morgan fingerprint density at radius 2 is 2.19 bits per heavy atom. The Morgan fingerprint density at radius 1 is 1.38 bits per heavy atom. The standard InChI is InChI=1S/C14H17NO/c1-10-7-8-14(16-3)12(9-10)13-6-4-5-11(2)15-13/h4-8,10H,9H2,1-3H3. The lowest BCUT2D eigenvalue weighted by Gasteiger charge is -2.18. The molecule has 1 aromatic heterocycles. The van der Waals surface area contributed by atoms with Gasteiger partial charge in [-0.3, -0.25) is 4.98 Å². The third-order valence-corrected chi connectivity index (χ3v) is 2.82. The first-order valence-corrected chi connectivity index (χ1v) is 5.60. The molecule has 2 heteroatoms. The normalized spacial score (nSPS) is 20.1. The highest BCUT2D eigenvalue weighted by atomic mass is 16.5. The van der Waals surface area contributed by atoms with Crippen LogP contribution < -0.4 is 0 Å². The van der Waals surface area contributed by atoms with E-state index in [0.29, 0.717) is 5.92 Å². The van der Waals surface area contributed by atoms with Crippen molar-refractivity contribution in [2.24, 2.45) is 5.92 Å². The second-order valence-electron chi connectivity index (χ2n) is 4.25.